The van der Waals surface area contributed by atoms with E-state index in [0.717, 1.165) is 30.8 Å². The molecule has 3 aliphatic rings. The average Bonchev–Trinajstić information content (AvgIpc) is 2.84. The summed E-state index contributed by atoms with van der Waals surface area (Å²) in [5.74, 6) is -0.655. The van der Waals surface area contributed by atoms with E-state index in [9.17, 15) is 22.8 Å². The van der Waals surface area contributed by atoms with E-state index >= 15 is 0 Å². The molecule has 0 unspecified atom stereocenters. The first-order chi connectivity index (χ1) is 12.7. The fourth-order valence-corrected chi connectivity index (χ4v) is 4.12. The topological polar surface area (TPSA) is 157 Å². The molecule has 13 heteroatoms. The number of amides is 4. The van der Waals surface area contributed by atoms with Gasteiger partial charge in [0.25, 0.3) is 5.91 Å². The molecule has 3 aliphatic heterocycles. The van der Waals surface area contributed by atoms with Gasteiger partial charge in [-0.2, -0.15) is 13.5 Å². The summed E-state index contributed by atoms with van der Waals surface area (Å²) >= 11 is 0. The highest BCUT2D eigenvalue weighted by Crippen LogP contribution is 2.30. The molecule has 3 heterocycles. The molecule has 0 saturated carbocycles. The first-order valence-corrected chi connectivity index (χ1v) is 10.2. The minimum Gasteiger partial charge on any atom is -0.316 e. The van der Waals surface area contributed by atoms with Crippen LogP contribution in [0.15, 0.2) is 0 Å². The number of piperidine rings is 2. The molecule has 12 nitrogen and oxygen atoms in total. The molecule has 3 fully saturated rings. The predicted octanol–water partition coefficient (Wildman–Crippen LogP) is -1.47. The normalized spacial score (nSPS) is 28.2. The molecule has 0 aromatic carbocycles. The third-order valence-electron chi connectivity index (χ3n) is 5.00. The lowest BCUT2D eigenvalue weighted by Gasteiger charge is -2.29. The molecule has 3 rings (SSSR count). The maximum atomic E-state index is 12.4. The summed E-state index contributed by atoms with van der Waals surface area (Å²) in [6.07, 6.45) is 2.84. The van der Waals surface area contributed by atoms with E-state index in [1.165, 1.54) is 0 Å². The largest absolute Gasteiger partial charge is 0.418 e. The van der Waals surface area contributed by atoms with Crippen LogP contribution in [0.4, 0.5) is 4.79 Å². The molecule has 27 heavy (non-hydrogen) atoms. The van der Waals surface area contributed by atoms with Gasteiger partial charge >= 0.3 is 16.4 Å². The zero-order chi connectivity index (χ0) is 19.6. The smallest absolute Gasteiger partial charge is 0.316 e. The van der Waals surface area contributed by atoms with E-state index in [1.807, 2.05) is 0 Å². The van der Waals surface area contributed by atoms with Crippen LogP contribution >= 0.6 is 0 Å². The highest BCUT2D eigenvalue weighted by atomic mass is 32.3. The number of hydrogen-bond acceptors (Lipinski definition) is 7. The van der Waals surface area contributed by atoms with Gasteiger partial charge in [-0.25, -0.2) is 4.79 Å². The molecule has 3 saturated heterocycles. The van der Waals surface area contributed by atoms with E-state index in [0.29, 0.717) is 17.9 Å². The van der Waals surface area contributed by atoms with Crippen molar-refractivity contribution in [2.75, 3.05) is 19.6 Å². The Bertz CT molecular complexity index is 709. The van der Waals surface area contributed by atoms with Gasteiger partial charge in [0, 0.05) is 13.0 Å². The summed E-state index contributed by atoms with van der Waals surface area (Å²) in [6, 6.07) is -2.26. The summed E-state index contributed by atoms with van der Waals surface area (Å²) in [6.45, 7) is 1.80. The van der Waals surface area contributed by atoms with Crippen molar-refractivity contribution in [1.82, 2.24) is 26.1 Å². The number of hydrazine groups is 1. The molecule has 0 aromatic rings. The van der Waals surface area contributed by atoms with Crippen LogP contribution in [0.2, 0.25) is 0 Å². The van der Waals surface area contributed by atoms with Crippen LogP contribution in [0.25, 0.3) is 0 Å². The lowest BCUT2D eigenvalue weighted by atomic mass is 9.96. The number of nitrogens with zero attached hydrogens (tertiary/aromatic N) is 2. The van der Waals surface area contributed by atoms with E-state index in [1.54, 1.807) is 0 Å². The van der Waals surface area contributed by atoms with Gasteiger partial charge in [0.1, 0.15) is 6.04 Å². The van der Waals surface area contributed by atoms with Crippen molar-refractivity contribution >= 4 is 28.2 Å². The predicted molar refractivity (Wildman–Crippen MR) is 89.9 cm³/mol. The van der Waals surface area contributed by atoms with Crippen LogP contribution < -0.4 is 16.2 Å². The first kappa shape index (κ1) is 19.8. The van der Waals surface area contributed by atoms with Crippen molar-refractivity contribution in [3.8, 4) is 0 Å². The summed E-state index contributed by atoms with van der Waals surface area (Å²) in [4.78, 5) is 37.8. The monoisotopic (exact) mass is 405 g/mol. The lowest BCUT2D eigenvalue weighted by Crippen LogP contribution is -2.54. The van der Waals surface area contributed by atoms with Crippen LogP contribution in [-0.4, -0.2) is 72.5 Å². The van der Waals surface area contributed by atoms with E-state index < -0.39 is 34.4 Å². The molecule has 4 amide bonds. The molecule has 0 radical (unpaired) electrons. The van der Waals surface area contributed by atoms with Crippen molar-refractivity contribution in [3.05, 3.63) is 0 Å². The average molecular weight is 405 g/mol. The van der Waals surface area contributed by atoms with Gasteiger partial charge < -0.3 is 10.2 Å². The maximum absolute atomic E-state index is 12.4. The Morgan fingerprint density at radius 3 is 2.70 bits per heavy atom. The van der Waals surface area contributed by atoms with E-state index in [2.05, 4.69) is 20.5 Å². The fourth-order valence-electron chi connectivity index (χ4n) is 3.73. The fraction of sp³-hybridized carbons (Fsp3) is 0.786. The maximum Gasteiger partial charge on any atom is 0.418 e. The SMILES string of the molecule is O=C(C[C@@H]1CCCNC1)NNC(=O)[C@@H]1CC[C@@H]2CN1C(=O)N2OS(=O)(=O)O. The molecule has 2 bridgehead atoms. The van der Waals surface area contributed by atoms with Gasteiger partial charge in [-0.3, -0.25) is 25.0 Å². The van der Waals surface area contributed by atoms with Crippen molar-refractivity contribution in [3.63, 3.8) is 0 Å². The van der Waals surface area contributed by atoms with Crippen LogP contribution in [-0.2, 0) is 24.3 Å². The second-order valence-corrected chi connectivity index (χ2v) is 7.97. The number of carbonyl (C=O) groups is 3. The molecular weight excluding hydrogens is 382 g/mol. The number of carbonyl (C=O) groups excluding carboxylic acids is 3. The van der Waals surface area contributed by atoms with Crippen molar-refractivity contribution in [2.24, 2.45) is 5.92 Å². The number of hydrogen-bond donors (Lipinski definition) is 4. The third-order valence-corrected chi connectivity index (χ3v) is 5.35. The highest BCUT2D eigenvalue weighted by molar-refractivity contribution is 7.80. The second kappa shape index (κ2) is 7.96. The molecule has 152 valence electrons. The zero-order valence-electron chi connectivity index (χ0n) is 14.6. The Kier molecular flexibility index (Phi) is 5.83. The Hall–Kier alpha value is -1.96. The van der Waals surface area contributed by atoms with Gasteiger partial charge in [0.05, 0.1) is 6.04 Å². The molecule has 0 spiro atoms. The van der Waals surface area contributed by atoms with Crippen molar-refractivity contribution < 1.29 is 31.6 Å². The van der Waals surface area contributed by atoms with Gasteiger partial charge in [-0.1, -0.05) is 0 Å². The Balaban J connectivity index is 1.50. The molecule has 3 atom stereocenters. The number of nitrogens with one attached hydrogen (secondary N) is 3. The summed E-state index contributed by atoms with van der Waals surface area (Å²) in [7, 11) is -4.84. The lowest BCUT2D eigenvalue weighted by molar-refractivity contribution is -0.132. The zero-order valence-corrected chi connectivity index (χ0v) is 15.4. The Morgan fingerprint density at radius 2 is 2.04 bits per heavy atom. The molecule has 0 aromatic heterocycles. The number of rotatable bonds is 5. The van der Waals surface area contributed by atoms with Gasteiger partial charge in [0.2, 0.25) is 5.91 Å². The van der Waals surface area contributed by atoms with Crippen LogP contribution in [0.1, 0.15) is 32.1 Å². The number of urea groups is 1. The van der Waals surface area contributed by atoms with Crippen LogP contribution in [0, 0.1) is 5.92 Å². The third kappa shape index (κ3) is 4.86. The minimum absolute atomic E-state index is 0.0914. The van der Waals surface area contributed by atoms with Crippen LogP contribution in [0.3, 0.4) is 0 Å². The Labute approximate surface area is 156 Å². The number of hydroxylamine groups is 2. The van der Waals surface area contributed by atoms with E-state index in [-0.39, 0.29) is 24.8 Å². The second-order valence-electron chi connectivity index (χ2n) is 6.96. The molecule has 4 N–H and O–H groups in total. The van der Waals surface area contributed by atoms with Crippen molar-refractivity contribution in [2.45, 2.75) is 44.2 Å². The van der Waals surface area contributed by atoms with Gasteiger partial charge in [-0.05, 0) is 44.7 Å². The Morgan fingerprint density at radius 1 is 1.26 bits per heavy atom. The highest BCUT2D eigenvalue weighted by Gasteiger charge is 2.49. The van der Waals surface area contributed by atoms with Crippen LogP contribution in [0.5, 0.6) is 0 Å². The number of fused-ring (bicyclic) bond motifs is 2. The summed E-state index contributed by atoms with van der Waals surface area (Å²) in [5, 5.41) is 3.78. The molecule has 0 aliphatic carbocycles. The molecular formula is C14H23N5O7S. The van der Waals surface area contributed by atoms with E-state index in [4.69, 9.17) is 4.55 Å². The van der Waals surface area contributed by atoms with Gasteiger partial charge in [-0.15, -0.1) is 4.28 Å². The quantitative estimate of drug-likeness (QED) is 0.319. The standard InChI is InChI=1S/C14H23N5O7S/c20-12(6-9-2-1-5-15-7-9)16-17-13(21)11-4-3-10-8-18(11)14(22)19(10)26-27(23,24)25/h9-11,15H,1-8H2,(H,16,20)(H,17,21)(H,23,24,25)/t9-,10+,11-/m0/s1. The minimum atomic E-state index is -4.84. The van der Waals surface area contributed by atoms with Crippen molar-refractivity contribution in [1.29, 1.82) is 0 Å². The summed E-state index contributed by atoms with van der Waals surface area (Å²) in [5.41, 5.74) is 4.69. The van der Waals surface area contributed by atoms with Gasteiger partial charge in [0.15, 0.2) is 0 Å². The first-order valence-electron chi connectivity index (χ1n) is 8.81. The summed E-state index contributed by atoms with van der Waals surface area (Å²) < 4.78 is 34.8.